The first kappa shape index (κ1) is 24.9. The number of hydrogen-bond donors (Lipinski definition) is 0. The molecule has 0 N–H and O–H groups in total. The van der Waals surface area contributed by atoms with Crippen LogP contribution in [0, 0.1) is 0 Å². The van der Waals surface area contributed by atoms with Crippen LogP contribution in [-0.4, -0.2) is 73.3 Å². The van der Waals surface area contributed by atoms with E-state index in [0.717, 1.165) is 22.3 Å². The Morgan fingerprint density at radius 2 is 1.80 bits per heavy atom. The van der Waals surface area contributed by atoms with E-state index >= 15 is 0 Å². The molecule has 2 aliphatic heterocycles. The number of para-hydroxylation sites is 1. The molecule has 2 aromatic rings. The highest BCUT2D eigenvalue weighted by molar-refractivity contribution is 8.18. The molecule has 35 heavy (non-hydrogen) atoms. The largest absolute Gasteiger partial charge is 0.493 e. The van der Waals surface area contributed by atoms with Gasteiger partial charge in [0.25, 0.3) is 11.1 Å². The number of piperazine rings is 1. The Bertz CT molecular complexity index is 1150. The molecule has 184 valence electrons. The quantitative estimate of drug-likeness (QED) is 0.513. The Morgan fingerprint density at radius 3 is 2.46 bits per heavy atom. The number of hydrogen-bond acceptors (Lipinski definition) is 7. The van der Waals surface area contributed by atoms with Gasteiger partial charge in [-0.2, -0.15) is 0 Å². The van der Waals surface area contributed by atoms with Gasteiger partial charge in [-0.1, -0.05) is 29.8 Å². The van der Waals surface area contributed by atoms with Crippen LogP contribution in [0.3, 0.4) is 0 Å². The lowest BCUT2D eigenvalue weighted by atomic mass is 10.1. The van der Waals surface area contributed by atoms with Gasteiger partial charge in [0.15, 0.2) is 11.5 Å². The van der Waals surface area contributed by atoms with E-state index in [1.807, 2.05) is 37.3 Å². The molecule has 2 fully saturated rings. The predicted octanol–water partition coefficient (Wildman–Crippen LogP) is 4.13. The number of thioether (sulfide) groups is 1. The van der Waals surface area contributed by atoms with Crippen LogP contribution in [0.15, 0.2) is 47.4 Å². The summed E-state index contributed by atoms with van der Waals surface area (Å²) >= 11 is 7.16. The van der Waals surface area contributed by atoms with Crippen molar-refractivity contribution in [3.05, 3.63) is 58.0 Å². The number of anilines is 1. The smallest absolute Gasteiger partial charge is 0.294 e. The minimum Gasteiger partial charge on any atom is -0.493 e. The summed E-state index contributed by atoms with van der Waals surface area (Å²) in [6, 6.07) is 13.3. The van der Waals surface area contributed by atoms with E-state index in [-0.39, 0.29) is 17.4 Å². The molecule has 0 aliphatic carbocycles. The summed E-state index contributed by atoms with van der Waals surface area (Å²) < 4.78 is 10.9. The first-order valence-corrected chi connectivity index (χ1v) is 12.4. The van der Waals surface area contributed by atoms with Gasteiger partial charge in [0, 0.05) is 37.9 Å². The van der Waals surface area contributed by atoms with Crippen LogP contribution in [0.1, 0.15) is 12.5 Å². The van der Waals surface area contributed by atoms with Crippen LogP contribution >= 0.6 is 23.4 Å². The van der Waals surface area contributed by atoms with E-state index in [1.54, 1.807) is 17.0 Å². The zero-order valence-electron chi connectivity index (χ0n) is 19.5. The van der Waals surface area contributed by atoms with Crippen molar-refractivity contribution in [2.45, 2.75) is 6.92 Å². The third-order valence-corrected chi connectivity index (χ3v) is 7.02. The number of amides is 3. The fraction of sp³-hybridized carbons (Fsp3) is 0.320. The second-order valence-electron chi connectivity index (χ2n) is 7.93. The highest BCUT2D eigenvalue weighted by atomic mass is 35.5. The van der Waals surface area contributed by atoms with Crippen molar-refractivity contribution in [1.29, 1.82) is 0 Å². The van der Waals surface area contributed by atoms with Crippen LogP contribution < -0.4 is 14.4 Å². The van der Waals surface area contributed by atoms with Gasteiger partial charge >= 0.3 is 0 Å². The SMILES string of the molecule is CCOc1cc(Cl)c(/C=C2/SC(=O)N(CC(=O)N3CCN(c4ccccc4)CC3)C2=O)cc1OC. The number of ether oxygens (including phenoxy) is 2. The average Bonchev–Trinajstić information content (AvgIpc) is 3.13. The van der Waals surface area contributed by atoms with Gasteiger partial charge in [0.1, 0.15) is 6.54 Å². The molecular weight excluding hydrogens is 490 g/mol. The third-order valence-electron chi connectivity index (χ3n) is 5.79. The summed E-state index contributed by atoms with van der Waals surface area (Å²) in [7, 11) is 1.51. The lowest BCUT2D eigenvalue weighted by molar-refractivity contribution is -0.136. The van der Waals surface area contributed by atoms with E-state index in [9.17, 15) is 14.4 Å². The van der Waals surface area contributed by atoms with E-state index in [2.05, 4.69) is 4.90 Å². The molecule has 2 saturated heterocycles. The Kier molecular flexibility index (Phi) is 7.87. The van der Waals surface area contributed by atoms with Gasteiger partial charge in [0.05, 0.1) is 23.6 Å². The second kappa shape index (κ2) is 11.0. The number of carbonyl (C=O) groups is 3. The molecule has 0 aromatic heterocycles. The van der Waals surface area contributed by atoms with Gasteiger partial charge in [-0.15, -0.1) is 0 Å². The van der Waals surface area contributed by atoms with Crippen LogP contribution in [-0.2, 0) is 9.59 Å². The first-order chi connectivity index (χ1) is 16.9. The van der Waals surface area contributed by atoms with Crippen LogP contribution in [0.4, 0.5) is 10.5 Å². The van der Waals surface area contributed by atoms with E-state index in [4.69, 9.17) is 21.1 Å². The normalized spacial score (nSPS) is 17.3. The predicted molar refractivity (Wildman–Crippen MR) is 137 cm³/mol. The molecule has 0 unspecified atom stereocenters. The summed E-state index contributed by atoms with van der Waals surface area (Å²) in [4.78, 5) is 43.5. The molecular formula is C25H26ClN3O5S. The van der Waals surface area contributed by atoms with Crippen molar-refractivity contribution in [2.24, 2.45) is 0 Å². The van der Waals surface area contributed by atoms with Crippen LogP contribution in [0.25, 0.3) is 6.08 Å². The zero-order valence-corrected chi connectivity index (χ0v) is 21.1. The summed E-state index contributed by atoms with van der Waals surface area (Å²) in [6.07, 6.45) is 1.54. The van der Waals surface area contributed by atoms with Crippen molar-refractivity contribution in [2.75, 3.05) is 51.3 Å². The van der Waals surface area contributed by atoms with Crippen molar-refractivity contribution >= 4 is 52.2 Å². The maximum absolute atomic E-state index is 12.9. The number of halogens is 1. The van der Waals surface area contributed by atoms with Crippen molar-refractivity contribution < 1.29 is 23.9 Å². The zero-order chi connectivity index (χ0) is 24.9. The van der Waals surface area contributed by atoms with Gasteiger partial charge in [-0.05, 0) is 48.5 Å². The molecule has 2 aromatic carbocycles. The minimum absolute atomic E-state index is 0.199. The lowest BCUT2D eigenvalue weighted by Gasteiger charge is -2.36. The number of carbonyl (C=O) groups excluding carboxylic acids is 3. The van der Waals surface area contributed by atoms with Gasteiger partial charge in [0.2, 0.25) is 5.91 Å². The highest BCUT2D eigenvalue weighted by Gasteiger charge is 2.37. The maximum atomic E-state index is 12.9. The molecule has 0 radical (unpaired) electrons. The molecule has 0 saturated carbocycles. The number of benzene rings is 2. The second-order valence-corrected chi connectivity index (χ2v) is 9.33. The molecule has 0 atom stereocenters. The van der Waals surface area contributed by atoms with E-state index in [0.29, 0.717) is 54.9 Å². The Labute approximate surface area is 213 Å². The van der Waals surface area contributed by atoms with Crippen molar-refractivity contribution in [1.82, 2.24) is 9.80 Å². The lowest BCUT2D eigenvalue weighted by Crippen LogP contribution is -2.51. The topological polar surface area (TPSA) is 79.4 Å². The van der Waals surface area contributed by atoms with Crippen LogP contribution in [0.2, 0.25) is 5.02 Å². The molecule has 0 spiro atoms. The molecule has 0 bridgehead atoms. The standard InChI is InChI=1S/C25H26ClN3O5S/c1-3-34-21-15-19(26)17(13-20(21)33-2)14-22-24(31)29(25(32)35-22)16-23(30)28-11-9-27(10-12-28)18-7-5-4-6-8-18/h4-8,13-15H,3,9-12,16H2,1-2H3/b22-14+. The molecule has 4 rings (SSSR count). The highest BCUT2D eigenvalue weighted by Crippen LogP contribution is 2.38. The van der Waals surface area contributed by atoms with Gasteiger partial charge in [-0.25, -0.2) is 0 Å². The molecule has 2 heterocycles. The summed E-state index contributed by atoms with van der Waals surface area (Å²) in [5.74, 6) is 0.192. The van der Waals surface area contributed by atoms with Crippen LogP contribution in [0.5, 0.6) is 11.5 Å². The average molecular weight is 516 g/mol. The number of methoxy groups -OCH3 is 1. The minimum atomic E-state index is -0.514. The summed E-state index contributed by atoms with van der Waals surface area (Å²) in [5.41, 5.74) is 1.63. The Balaban J connectivity index is 1.41. The Morgan fingerprint density at radius 1 is 1.09 bits per heavy atom. The van der Waals surface area contributed by atoms with Gasteiger partial charge < -0.3 is 19.3 Å². The fourth-order valence-electron chi connectivity index (χ4n) is 3.95. The first-order valence-electron chi connectivity index (χ1n) is 11.2. The number of rotatable bonds is 7. The van der Waals surface area contributed by atoms with E-state index in [1.165, 1.54) is 13.2 Å². The molecule has 8 nitrogen and oxygen atoms in total. The van der Waals surface area contributed by atoms with E-state index < -0.39 is 11.1 Å². The van der Waals surface area contributed by atoms with Crippen molar-refractivity contribution in [3.8, 4) is 11.5 Å². The summed E-state index contributed by atoms with van der Waals surface area (Å²) in [5, 5.41) is -0.125. The number of imide groups is 1. The third kappa shape index (κ3) is 5.57. The molecule has 10 heteroatoms. The van der Waals surface area contributed by atoms with Gasteiger partial charge in [-0.3, -0.25) is 19.3 Å². The Hall–Kier alpha value is -3.17. The number of nitrogens with zero attached hydrogens (tertiary/aromatic N) is 3. The van der Waals surface area contributed by atoms with Crippen molar-refractivity contribution in [3.63, 3.8) is 0 Å². The fourth-order valence-corrected chi connectivity index (χ4v) is 4.99. The monoisotopic (exact) mass is 515 g/mol. The summed E-state index contributed by atoms with van der Waals surface area (Å²) in [6.45, 7) is 4.45. The maximum Gasteiger partial charge on any atom is 0.294 e. The molecule has 2 aliphatic rings. The molecule has 3 amide bonds.